The molecule has 1 aliphatic heterocycles. The van der Waals surface area contributed by atoms with Crippen molar-refractivity contribution < 1.29 is 24.1 Å². The summed E-state index contributed by atoms with van der Waals surface area (Å²) >= 11 is 2.50. The molecule has 0 bridgehead atoms. The van der Waals surface area contributed by atoms with Crippen LogP contribution in [0.5, 0.6) is 11.5 Å². The quantitative estimate of drug-likeness (QED) is 0.162. The van der Waals surface area contributed by atoms with Gasteiger partial charge < -0.3 is 0 Å². The molecule has 2 saturated carbocycles. The Bertz CT molecular complexity index is 2590. The Balaban J connectivity index is 1.14. The number of nitrogens with zero attached hydrogens (tertiary/aromatic N) is 4. The van der Waals surface area contributed by atoms with Gasteiger partial charge in [0.15, 0.2) is 0 Å². The second-order valence-electron chi connectivity index (χ2n) is 20.9. The molecule has 2 aromatic heterocycles. The van der Waals surface area contributed by atoms with Crippen LogP contribution >= 0.6 is 0 Å². The van der Waals surface area contributed by atoms with Gasteiger partial charge in [0.1, 0.15) is 0 Å². The first-order valence-corrected chi connectivity index (χ1v) is 23.5. The van der Waals surface area contributed by atoms with Crippen molar-refractivity contribution in [2.24, 2.45) is 5.92 Å². The van der Waals surface area contributed by atoms with Gasteiger partial charge in [0, 0.05) is 6.20 Å². The molecule has 4 aromatic carbocycles. The summed E-state index contributed by atoms with van der Waals surface area (Å²) in [5.41, 5.74) is 11.0. The monoisotopic (exact) mass is 977 g/mol. The van der Waals surface area contributed by atoms with E-state index in [9.17, 15) is 0 Å². The van der Waals surface area contributed by atoms with Crippen molar-refractivity contribution in [2.45, 2.75) is 148 Å². The van der Waals surface area contributed by atoms with Crippen LogP contribution in [0.25, 0.3) is 22.4 Å². The van der Waals surface area contributed by atoms with Crippen molar-refractivity contribution in [2.75, 3.05) is 4.90 Å². The molecule has 0 radical (unpaired) electrons. The predicted octanol–water partition coefficient (Wildman–Crippen LogP) is 14.3. The third-order valence-corrected chi connectivity index (χ3v) is 14.9. The number of imidazole rings is 1. The van der Waals surface area contributed by atoms with Gasteiger partial charge in [-0.3, -0.25) is 0 Å². The Labute approximate surface area is 369 Å². The molecule has 2 atom stereocenters. The van der Waals surface area contributed by atoms with E-state index < -0.39 is 0 Å². The third-order valence-electron chi connectivity index (χ3n) is 13.8. The van der Waals surface area contributed by atoms with Crippen LogP contribution < -0.4 is 9.64 Å². The van der Waals surface area contributed by atoms with Gasteiger partial charge in [-0.15, -0.1) is 0 Å². The van der Waals surface area contributed by atoms with Gasteiger partial charge in [-0.1, -0.05) is 52.9 Å². The van der Waals surface area contributed by atoms with E-state index in [-0.39, 0.29) is 21.8 Å². The van der Waals surface area contributed by atoms with Crippen LogP contribution in [-0.2, 0) is 35.6 Å². The number of anilines is 2. The molecule has 9 rings (SSSR count). The molecule has 5 nitrogen and oxygen atoms in total. The van der Waals surface area contributed by atoms with Crippen LogP contribution in [-0.4, -0.2) is 19.7 Å². The number of hydrogen-bond acceptors (Lipinski definition) is 3. The van der Waals surface area contributed by atoms with Gasteiger partial charge in [0.25, 0.3) is 0 Å². The Morgan fingerprint density at radius 3 is 1.98 bits per heavy atom. The van der Waals surface area contributed by atoms with E-state index >= 15 is 0 Å². The third kappa shape index (κ3) is 7.35. The van der Waals surface area contributed by atoms with Crippen LogP contribution in [0.15, 0.2) is 91.1 Å². The molecule has 0 saturated heterocycles. The fourth-order valence-corrected chi connectivity index (χ4v) is 11.7. The Hall–Kier alpha value is -4.21. The molecule has 2 aliphatic carbocycles. The second-order valence-corrected chi connectivity index (χ2v) is 22.0. The summed E-state index contributed by atoms with van der Waals surface area (Å²) in [5, 5.41) is 0. The molecule has 2 unspecified atom stereocenters. The van der Waals surface area contributed by atoms with E-state index in [1.54, 1.807) is 0 Å². The van der Waals surface area contributed by atoms with Gasteiger partial charge in [0.05, 0.1) is 0 Å². The maximum absolute atomic E-state index is 6.85. The number of pyridine rings is 1. The van der Waals surface area contributed by atoms with Crippen LogP contribution in [0.4, 0.5) is 11.5 Å². The minimum absolute atomic E-state index is 0.00676. The number of para-hydroxylation sites is 2. The molecule has 2 fully saturated rings. The first-order valence-electron chi connectivity index (χ1n) is 22.4. The topological polar surface area (TPSA) is 35.2 Å². The summed E-state index contributed by atoms with van der Waals surface area (Å²) in [6.45, 7) is 20.7. The minimum atomic E-state index is 0.00676. The number of ether oxygens (including phenoxy) is 1. The summed E-state index contributed by atoms with van der Waals surface area (Å²) in [4.78, 5) is 7.82. The molecule has 1 spiro atoms. The average Bonchev–Trinajstić information content (AvgIpc) is 3.52. The maximum atomic E-state index is 6.85. The van der Waals surface area contributed by atoms with Crippen molar-refractivity contribution in [3.63, 3.8) is 0 Å². The molecule has 6 aromatic rings. The number of aromatic nitrogens is 3. The zero-order chi connectivity index (χ0) is 42.2. The summed E-state index contributed by atoms with van der Waals surface area (Å²) in [7, 11) is 0. The van der Waals surface area contributed by atoms with E-state index in [1.165, 1.54) is 85.7 Å². The van der Waals surface area contributed by atoms with Gasteiger partial charge in [-0.25, -0.2) is 0 Å². The Morgan fingerprint density at radius 2 is 1.30 bits per heavy atom. The molecule has 0 N–H and O–H groups in total. The molecule has 316 valence electrons. The van der Waals surface area contributed by atoms with E-state index in [2.05, 4.69) is 187 Å². The SMILES string of the molecule is CC(C)(C)c1cc(-n2[c](=[Pt])n(-c3[c-]c(Oc4[c-]c5c(cc4)C4CCCCC4C4(CCCCC4)N5c4cc(C(C)(C)C)ccn4)ccc3)c3ccccc32)cc(C(C)(C)C)c1. The summed E-state index contributed by atoms with van der Waals surface area (Å²) < 4.78 is 12.6. The van der Waals surface area contributed by atoms with Crippen molar-refractivity contribution in [1.29, 1.82) is 0 Å². The number of rotatable bonds is 5. The van der Waals surface area contributed by atoms with Gasteiger partial charge in [0.2, 0.25) is 0 Å². The molecule has 60 heavy (non-hydrogen) atoms. The molecule has 0 amide bonds. The summed E-state index contributed by atoms with van der Waals surface area (Å²) in [5.74, 6) is 3.60. The average molecular weight is 978 g/mol. The Kier molecular flexibility index (Phi) is 10.5. The summed E-state index contributed by atoms with van der Waals surface area (Å²) in [6.07, 6.45) is 13.4. The van der Waals surface area contributed by atoms with Crippen molar-refractivity contribution in [3.8, 4) is 22.9 Å². The summed E-state index contributed by atoms with van der Waals surface area (Å²) in [6, 6.07) is 38.8. The van der Waals surface area contributed by atoms with Crippen molar-refractivity contribution in [1.82, 2.24) is 14.1 Å². The van der Waals surface area contributed by atoms with Crippen LogP contribution in [0.2, 0.25) is 0 Å². The van der Waals surface area contributed by atoms with Crippen LogP contribution in [0, 0.1) is 21.9 Å². The first kappa shape index (κ1) is 41.2. The zero-order valence-corrected chi connectivity index (χ0v) is 39.5. The molecular weight excluding hydrogens is 916 g/mol. The van der Waals surface area contributed by atoms with E-state index in [0.717, 1.165) is 37.8 Å². The Morgan fingerprint density at radius 1 is 0.650 bits per heavy atom. The molecule has 3 heterocycles. The van der Waals surface area contributed by atoms with Gasteiger partial charge in [-0.05, 0) is 23.5 Å². The zero-order valence-electron chi connectivity index (χ0n) is 37.2. The fraction of sp³-hybridized carbons (Fsp3) is 0.444. The fourth-order valence-electron chi connectivity index (χ4n) is 10.6. The predicted molar refractivity (Wildman–Crippen MR) is 243 cm³/mol. The number of benzene rings is 4. The van der Waals surface area contributed by atoms with E-state index in [4.69, 9.17) is 9.72 Å². The van der Waals surface area contributed by atoms with E-state index in [0.29, 0.717) is 17.6 Å². The van der Waals surface area contributed by atoms with Crippen molar-refractivity contribution in [3.05, 3.63) is 129 Å². The van der Waals surface area contributed by atoms with Crippen molar-refractivity contribution >= 4 is 22.5 Å². The van der Waals surface area contributed by atoms with Gasteiger partial charge >= 0.3 is 289 Å². The van der Waals surface area contributed by atoms with Crippen LogP contribution in [0.3, 0.4) is 0 Å². The van der Waals surface area contributed by atoms with Gasteiger partial charge in [-0.2, -0.15) is 0 Å². The number of fused-ring (bicyclic) bond motifs is 5. The molecule has 3 aliphatic rings. The second kappa shape index (κ2) is 15.3. The molecular formula is C54H62N4OPt-2. The number of hydrogen-bond donors (Lipinski definition) is 0. The first-order chi connectivity index (χ1) is 28.5. The normalized spacial score (nSPS) is 19.4. The molecule has 6 heteroatoms. The van der Waals surface area contributed by atoms with E-state index in [1.807, 2.05) is 12.3 Å². The standard InChI is InChI=1S/C54H62N4O.Pt/c1-51(2,3)37-26-29-55-50(33-37)58-49-35-43(24-25-45(49)44-20-11-12-21-46(44)54(58)27-15-10-16-28-54)59-42-19-17-18-40(34-42)56-36-57(48-23-14-13-22-47(48)56)41-31-38(52(4,5)6)30-39(32-41)53(7,8)9;/h13-14,17-19,22-26,29-33,44,46H,10-12,15-16,20-21,27-28H2,1-9H3;/q-2;. The van der Waals surface area contributed by atoms with Crippen LogP contribution in [0.1, 0.15) is 148 Å².